The average Bonchev–Trinajstić information content (AvgIpc) is 3.21. The zero-order valence-electron chi connectivity index (χ0n) is 14.3. The maximum absolute atomic E-state index is 13.0. The summed E-state index contributed by atoms with van der Waals surface area (Å²) in [5.74, 6) is -0.0493. The number of amides is 1. The van der Waals surface area contributed by atoms with Crippen LogP contribution in [0.5, 0.6) is 0 Å². The molecule has 0 radical (unpaired) electrons. The van der Waals surface area contributed by atoms with E-state index >= 15 is 0 Å². The van der Waals surface area contributed by atoms with Crippen LogP contribution in [0.1, 0.15) is 35.4 Å². The van der Waals surface area contributed by atoms with Gasteiger partial charge in [-0.25, -0.2) is 14.4 Å². The van der Waals surface area contributed by atoms with E-state index in [0.29, 0.717) is 5.75 Å². The van der Waals surface area contributed by atoms with E-state index < -0.39 is 0 Å². The highest BCUT2D eigenvalue weighted by atomic mass is 32.2. The molecule has 3 aromatic rings. The molecule has 1 aromatic carbocycles. The second-order valence-electron chi connectivity index (χ2n) is 6.35. The number of carbonyl (C=O) groups excluding carboxylic acids is 1. The Kier molecular flexibility index (Phi) is 4.91. The monoisotopic (exact) mass is 387 g/mol. The summed E-state index contributed by atoms with van der Waals surface area (Å²) in [7, 11) is 0. The van der Waals surface area contributed by atoms with Crippen LogP contribution < -0.4 is 5.32 Å². The Bertz CT molecular complexity index is 955. The quantitative estimate of drug-likeness (QED) is 0.524. The Morgan fingerprint density at radius 1 is 1.31 bits per heavy atom. The molecule has 1 aliphatic rings. The van der Waals surface area contributed by atoms with Gasteiger partial charge in [0.1, 0.15) is 22.0 Å². The van der Waals surface area contributed by atoms with E-state index in [1.165, 1.54) is 40.8 Å². The van der Waals surface area contributed by atoms with Crippen molar-refractivity contribution in [2.75, 3.05) is 5.75 Å². The van der Waals surface area contributed by atoms with Gasteiger partial charge in [-0.1, -0.05) is 23.9 Å². The van der Waals surface area contributed by atoms with Crippen LogP contribution in [0.2, 0.25) is 0 Å². The highest BCUT2D eigenvalue weighted by Crippen LogP contribution is 2.39. The number of thioether (sulfide) groups is 1. The van der Waals surface area contributed by atoms with E-state index in [0.717, 1.165) is 33.6 Å². The van der Waals surface area contributed by atoms with Gasteiger partial charge in [-0.2, -0.15) is 0 Å². The molecule has 2 heterocycles. The van der Waals surface area contributed by atoms with Crippen molar-refractivity contribution in [1.29, 1.82) is 0 Å². The number of nitrogens with zero attached hydrogens (tertiary/aromatic N) is 2. The van der Waals surface area contributed by atoms with E-state index in [2.05, 4.69) is 15.3 Å². The molecule has 0 aliphatic heterocycles. The summed E-state index contributed by atoms with van der Waals surface area (Å²) in [6, 6.07) is 6.02. The molecule has 0 fully saturated rings. The van der Waals surface area contributed by atoms with Crippen LogP contribution in [-0.2, 0) is 17.6 Å². The molecule has 4 nitrogen and oxygen atoms in total. The van der Waals surface area contributed by atoms with Crippen LogP contribution >= 0.6 is 23.1 Å². The third-order valence-corrected chi connectivity index (χ3v) is 6.74. The topological polar surface area (TPSA) is 54.9 Å². The van der Waals surface area contributed by atoms with Crippen molar-refractivity contribution >= 4 is 39.2 Å². The van der Waals surface area contributed by atoms with Crippen molar-refractivity contribution in [3.8, 4) is 0 Å². The first kappa shape index (κ1) is 17.4. The van der Waals surface area contributed by atoms with Crippen molar-refractivity contribution in [2.45, 2.75) is 37.3 Å². The van der Waals surface area contributed by atoms with Crippen LogP contribution in [0, 0.1) is 5.82 Å². The van der Waals surface area contributed by atoms with Crippen LogP contribution in [0.3, 0.4) is 0 Å². The van der Waals surface area contributed by atoms with Crippen molar-refractivity contribution in [1.82, 2.24) is 15.3 Å². The SMILES string of the molecule is C[C@H](NC(=O)CSc1ncnc2sc3c(c12)CCC3)c1ccc(F)cc1. The summed E-state index contributed by atoms with van der Waals surface area (Å²) < 4.78 is 13.0. The number of hydrogen-bond donors (Lipinski definition) is 1. The predicted octanol–water partition coefficient (Wildman–Crippen LogP) is 4.29. The molecule has 26 heavy (non-hydrogen) atoms. The fourth-order valence-corrected chi connectivity index (χ4v) is 5.39. The van der Waals surface area contributed by atoms with Gasteiger partial charge in [0.25, 0.3) is 0 Å². The lowest BCUT2D eigenvalue weighted by Crippen LogP contribution is -2.28. The molecule has 0 spiro atoms. The van der Waals surface area contributed by atoms with E-state index in [1.807, 2.05) is 6.92 Å². The number of nitrogens with one attached hydrogen (secondary N) is 1. The zero-order chi connectivity index (χ0) is 18.1. The molecule has 2 aromatic heterocycles. The summed E-state index contributed by atoms with van der Waals surface area (Å²) >= 11 is 3.20. The van der Waals surface area contributed by atoms with Crippen LogP contribution in [0.25, 0.3) is 10.2 Å². The minimum absolute atomic E-state index is 0.0644. The van der Waals surface area contributed by atoms with E-state index in [9.17, 15) is 9.18 Å². The maximum Gasteiger partial charge on any atom is 0.230 e. The summed E-state index contributed by atoms with van der Waals surface area (Å²) in [6.07, 6.45) is 4.96. The number of aromatic nitrogens is 2. The van der Waals surface area contributed by atoms with Gasteiger partial charge in [0, 0.05) is 10.3 Å². The Balaban J connectivity index is 1.43. The molecule has 1 aliphatic carbocycles. The fourth-order valence-electron chi connectivity index (χ4n) is 3.26. The van der Waals surface area contributed by atoms with E-state index in [4.69, 9.17) is 0 Å². The molecule has 1 amide bonds. The molecule has 134 valence electrons. The zero-order valence-corrected chi connectivity index (χ0v) is 15.9. The lowest BCUT2D eigenvalue weighted by molar-refractivity contribution is -0.119. The number of hydrogen-bond acceptors (Lipinski definition) is 5. The molecule has 7 heteroatoms. The highest BCUT2D eigenvalue weighted by molar-refractivity contribution is 8.00. The van der Waals surface area contributed by atoms with Crippen molar-refractivity contribution in [3.63, 3.8) is 0 Å². The van der Waals surface area contributed by atoms with Crippen molar-refractivity contribution < 1.29 is 9.18 Å². The summed E-state index contributed by atoms with van der Waals surface area (Å²) in [6.45, 7) is 1.89. The second kappa shape index (κ2) is 7.32. The smallest absolute Gasteiger partial charge is 0.230 e. The number of benzene rings is 1. The van der Waals surface area contributed by atoms with Crippen molar-refractivity contribution in [2.24, 2.45) is 0 Å². The molecule has 4 rings (SSSR count). The number of halogens is 1. The van der Waals surface area contributed by atoms with Gasteiger partial charge < -0.3 is 5.32 Å². The van der Waals surface area contributed by atoms with E-state index in [-0.39, 0.29) is 17.8 Å². The molecule has 0 saturated carbocycles. The predicted molar refractivity (Wildman–Crippen MR) is 103 cm³/mol. The highest BCUT2D eigenvalue weighted by Gasteiger charge is 2.21. The Morgan fingerprint density at radius 2 is 2.12 bits per heavy atom. The van der Waals surface area contributed by atoms with Gasteiger partial charge in [-0.05, 0) is 49.4 Å². The summed E-state index contributed by atoms with van der Waals surface area (Å²) in [4.78, 5) is 23.6. The third-order valence-electron chi connectivity index (χ3n) is 4.55. The van der Waals surface area contributed by atoms with Crippen LogP contribution in [0.4, 0.5) is 4.39 Å². The first-order valence-electron chi connectivity index (χ1n) is 8.54. The fraction of sp³-hybridized carbons (Fsp3) is 0.316. The number of aryl methyl sites for hydroxylation is 2. The number of carbonyl (C=O) groups is 1. The molecule has 0 bridgehead atoms. The van der Waals surface area contributed by atoms with E-state index in [1.54, 1.807) is 29.8 Å². The largest absolute Gasteiger partial charge is 0.349 e. The second-order valence-corrected chi connectivity index (χ2v) is 8.39. The van der Waals surface area contributed by atoms with Crippen LogP contribution in [0.15, 0.2) is 35.6 Å². The molecule has 1 N–H and O–H groups in total. The Morgan fingerprint density at radius 3 is 2.92 bits per heavy atom. The molecular weight excluding hydrogens is 369 g/mol. The lowest BCUT2D eigenvalue weighted by atomic mass is 10.1. The molecular formula is C19H18FN3OS2. The third kappa shape index (κ3) is 3.46. The summed E-state index contributed by atoms with van der Waals surface area (Å²) in [5.41, 5.74) is 2.25. The summed E-state index contributed by atoms with van der Waals surface area (Å²) in [5, 5.41) is 4.98. The maximum atomic E-state index is 13.0. The first-order valence-corrected chi connectivity index (χ1v) is 10.3. The van der Waals surface area contributed by atoms with Crippen molar-refractivity contribution in [3.05, 3.63) is 52.4 Å². The normalized spacial score (nSPS) is 14.4. The minimum atomic E-state index is -0.279. The minimum Gasteiger partial charge on any atom is -0.349 e. The standard InChI is InChI=1S/C19H18FN3OS2/c1-11(12-5-7-13(20)8-6-12)23-16(24)9-25-18-17-14-3-2-4-15(14)26-19(17)22-10-21-18/h5-8,10-11H,2-4,9H2,1H3,(H,23,24)/t11-/m0/s1. The Hall–Kier alpha value is -1.99. The number of fused-ring (bicyclic) bond motifs is 3. The molecule has 0 unspecified atom stereocenters. The average molecular weight is 388 g/mol. The molecule has 0 saturated heterocycles. The van der Waals surface area contributed by atoms with Crippen LogP contribution in [-0.4, -0.2) is 21.6 Å². The van der Waals surface area contributed by atoms with Gasteiger partial charge in [0.15, 0.2) is 0 Å². The van der Waals surface area contributed by atoms with Gasteiger partial charge in [0.2, 0.25) is 5.91 Å². The lowest BCUT2D eigenvalue weighted by Gasteiger charge is -2.14. The number of rotatable bonds is 5. The number of thiophene rings is 1. The van der Waals surface area contributed by atoms with Gasteiger partial charge in [-0.15, -0.1) is 11.3 Å². The first-order chi connectivity index (χ1) is 12.6. The van der Waals surface area contributed by atoms with Gasteiger partial charge in [-0.3, -0.25) is 4.79 Å². The Labute approximate surface area is 159 Å². The van der Waals surface area contributed by atoms with Gasteiger partial charge in [0.05, 0.1) is 11.8 Å². The van der Waals surface area contributed by atoms with Gasteiger partial charge >= 0.3 is 0 Å². The molecule has 1 atom stereocenters.